The molecule has 0 spiro atoms. The number of nitrogens with one attached hydrogen (secondary N) is 1. The first-order valence-electron chi connectivity index (χ1n) is 8.48. The monoisotopic (exact) mass is 378 g/mol. The summed E-state index contributed by atoms with van der Waals surface area (Å²) in [6, 6.07) is 15.0. The molecular formula is C19H15FN6O2. The van der Waals surface area contributed by atoms with Crippen molar-refractivity contribution in [2.75, 3.05) is 5.32 Å². The predicted molar refractivity (Wildman–Crippen MR) is 100 cm³/mol. The molecule has 0 aliphatic heterocycles. The molecule has 28 heavy (non-hydrogen) atoms. The van der Waals surface area contributed by atoms with Crippen molar-refractivity contribution in [3.63, 3.8) is 0 Å². The summed E-state index contributed by atoms with van der Waals surface area (Å²) in [5, 5.41) is 10.5. The van der Waals surface area contributed by atoms with Crippen LogP contribution in [0, 0.1) is 5.82 Å². The van der Waals surface area contributed by atoms with Crippen LogP contribution in [0.3, 0.4) is 0 Å². The van der Waals surface area contributed by atoms with E-state index < -0.39 is 5.56 Å². The van der Waals surface area contributed by atoms with Crippen molar-refractivity contribution in [2.24, 2.45) is 0 Å². The number of nitrogens with zero attached hydrogens (tertiary/aromatic N) is 5. The van der Waals surface area contributed by atoms with E-state index in [0.29, 0.717) is 11.3 Å². The SMILES string of the molecule is O=C(Cn1cnc2c(nnn2Cc2cccc(F)c2)c1=O)Nc1ccccc1. The second-order valence-corrected chi connectivity index (χ2v) is 6.14. The highest BCUT2D eigenvalue weighted by molar-refractivity contribution is 5.90. The van der Waals surface area contributed by atoms with E-state index in [1.807, 2.05) is 6.07 Å². The van der Waals surface area contributed by atoms with Crippen LogP contribution in [0.25, 0.3) is 11.2 Å². The summed E-state index contributed by atoms with van der Waals surface area (Å²) in [6.07, 6.45) is 1.28. The molecule has 0 bridgehead atoms. The third kappa shape index (κ3) is 3.63. The van der Waals surface area contributed by atoms with Gasteiger partial charge in [0.05, 0.1) is 6.54 Å². The predicted octanol–water partition coefficient (Wildman–Crippen LogP) is 1.81. The summed E-state index contributed by atoms with van der Waals surface area (Å²) >= 11 is 0. The van der Waals surface area contributed by atoms with Crippen molar-refractivity contribution in [1.82, 2.24) is 24.5 Å². The molecule has 4 aromatic rings. The van der Waals surface area contributed by atoms with E-state index in [1.165, 1.54) is 27.7 Å². The molecule has 1 amide bonds. The van der Waals surface area contributed by atoms with Gasteiger partial charge in [-0.05, 0) is 29.8 Å². The number of rotatable bonds is 5. The molecule has 2 aromatic carbocycles. The number of fused-ring (bicyclic) bond motifs is 1. The van der Waals surface area contributed by atoms with E-state index in [2.05, 4.69) is 20.6 Å². The Morgan fingerprint density at radius 3 is 2.71 bits per heavy atom. The van der Waals surface area contributed by atoms with Gasteiger partial charge in [0, 0.05) is 5.69 Å². The van der Waals surface area contributed by atoms with Crippen molar-refractivity contribution in [2.45, 2.75) is 13.1 Å². The quantitative estimate of drug-likeness (QED) is 0.572. The van der Waals surface area contributed by atoms with Gasteiger partial charge in [-0.25, -0.2) is 14.1 Å². The van der Waals surface area contributed by atoms with Crippen molar-refractivity contribution in [3.05, 3.63) is 82.7 Å². The second-order valence-electron chi connectivity index (χ2n) is 6.14. The number of carbonyl (C=O) groups excluding carboxylic acids is 1. The van der Waals surface area contributed by atoms with E-state index in [4.69, 9.17) is 0 Å². The fraction of sp³-hybridized carbons (Fsp3) is 0.105. The zero-order valence-corrected chi connectivity index (χ0v) is 14.6. The molecule has 1 N–H and O–H groups in total. The van der Waals surface area contributed by atoms with Gasteiger partial charge in [-0.15, -0.1) is 5.10 Å². The van der Waals surface area contributed by atoms with Crippen molar-refractivity contribution >= 4 is 22.8 Å². The average Bonchev–Trinajstić information content (AvgIpc) is 3.08. The maximum Gasteiger partial charge on any atom is 0.283 e. The maximum atomic E-state index is 13.4. The van der Waals surface area contributed by atoms with Crippen LogP contribution < -0.4 is 10.9 Å². The number of carbonyl (C=O) groups is 1. The van der Waals surface area contributed by atoms with E-state index in [-0.39, 0.29) is 36.0 Å². The fourth-order valence-electron chi connectivity index (χ4n) is 2.79. The smallest absolute Gasteiger partial charge is 0.283 e. The Labute approximate surface area is 158 Å². The summed E-state index contributed by atoms with van der Waals surface area (Å²) < 4.78 is 15.9. The molecule has 0 atom stereocenters. The van der Waals surface area contributed by atoms with Crippen LogP contribution in [0.15, 0.2) is 65.7 Å². The molecule has 0 unspecified atom stereocenters. The average molecular weight is 378 g/mol. The molecule has 2 aromatic heterocycles. The molecule has 140 valence electrons. The van der Waals surface area contributed by atoms with E-state index in [1.54, 1.807) is 36.4 Å². The van der Waals surface area contributed by atoms with Crippen LogP contribution in [0.5, 0.6) is 0 Å². The van der Waals surface area contributed by atoms with Crippen LogP contribution >= 0.6 is 0 Å². The van der Waals surface area contributed by atoms with Gasteiger partial charge in [-0.2, -0.15) is 0 Å². The Balaban J connectivity index is 1.56. The molecule has 0 radical (unpaired) electrons. The number of benzene rings is 2. The van der Waals surface area contributed by atoms with Gasteiger partial charge in [-0.1, -0.05) is 35.5 Å². The van der Waals surface area contributed by atoms with Crippen LogP contribution in [0.2, 0.25) is 0 Å². The largest absolute Gasteiger partial charge is 0.325 e. The van der Waals surface area contributed by atoms with Crippen LogP contribution in [-0.2, 0) is 17.9 Å². The maximum absolute atomic E-state index is 13.4. The minimum absolute atomic E-state index is 0.0476. The number of amides is 1. The van der Waals surface area contributed by atoms with Crippen LogP contribution in [-0.4, -0.2) is 30.5 Å². The highest BCUT2D eigenvalue weighted by Gasteiger charge is 2.14. The number of anilines is 1. The Kier molecular flexibility index (Phi) is 4.63. The Morgan fingerprint density at radius 1 is 1.11 bits per heavy atom. The standard InChI is InChI=1S/C19H15FN6O2/c20-14-6-4-5-13(9-14)10-26-18-17(23-24-26)19(28)25(12-21-18)11-16(27)22-15-7-2-1-3-8-15/h1-9,12H,10-11H2,(H,22,27). The lowest BCUT2D eigenvalue weighted by Gasteiger charge is -2.07. The molecule has 8 nitrogen and oxygen atoms in total. The highest BCUT2D eigenvalue weighted by atomic mass is 19.1. The van der Waals surface area contributed by atoms with Gasteiger partial charge in [0.25, 0.3) is 5.56 Å². The Bertz CT molecular complexity index is 1200. The van der Waals surface area contributed by atoms with Gasteiger partial charge in [-0.3, -0.25) is 14.2 Å². The first kappa shape index (κ1) is 17.5. The van der Waals surface area contributed by atoms with Crippen LogP contribution in [0.4, 0.5) is 10.1 Å². The summed E-state index contributed by atoms with van der Waals surface area (Å²) in [4.78, 5) is 29.0. The lowest BCUT2D eigenvalue weighted by molar-refractivity contribution is -0.116. The molecule has 4 rings (SSSR count). The van der Waals surface area contributed by atoms with Gasteiger partial charge >= 0.3 is 0 Å². The Hall–Kier alpha value is -3.88. The van der Waals surface area contributed by atoms with E-state index >= 15 is 0 Å². The molecule has 0 saturated carbocycles. The summed E-state index contributed by atoms with van der Waals surface area (Å²) in [7, 11) is 0. The normalized spacial score (nSPS) is 10.9. The van der Waals surface area contributed by atoms with Gasteiger partial charge in [0.2, 0.25) is 5.91 Å². The number of aromatic nitrogens is 5. The minimum Gasteiger partial charge on any atom is -0.325 e. The van der Waals surface area contributed by atoms with E-state index in [0.717, 1.165) is 0 Å². The van der Waals surface area contributed by atoms with Gasteiger partial charge in [0.1, 0.15) is 18.7 Å². The van der Waals surface area contributed by atoms with Crippen molar-refractivity contribution in [3.8, 4) is 0 Å². The molecule has 2 heterocycles. The zero-order chi connectivity index (χ0) is 19.5. The lowest BCUT2D eigenvalue weighted by atomic mass is 10.2. The number of halogens is 1. The Morgan fingerprint density at radius 2 is 1.93 bits per heavy atom. The fourth-order valence-corrected chi connectivity index (χ4v) is 2.79. The van der Waals surface area contributed by atoms with Gasteiger partial charge in [0.15, 0.2) is 11.2 Å². The molecule has 0 aliphatic rings. The molecule has 0 aliphatic carbocycles. The lowest BCUT2D eigenvalue weighted by Crippen LogP contribution is -2.28. The number of hydrogen-bond donors (Lipinski definition) is 1. The van der Waals surface area contributed by atoms with Gasteiger partial charge < -0.3 is 5.32 Å². The highest BCUT2D eigenvalue weighted by Crippen LogP contribution is 2.09. The summed E-state index contributed by atoms with van der Waals surface area (Å²) in [5.74, 6) is -0.719. The summed E-state index contributed by atoms with van der Waals surface area (Å²) in [5.41, 5.74) is 1.15. The van der Waals surface area contributed by atoms with Crippen molar-refractivity contribution in [1.29, 1.82) is 0 Å². The third-order valence-corrected chi connectivity index (χ3v) is 4.08. The topological polar surface area (TPSA) is 94.7 Å². The van der Waals surface area contributed by atoms with E-state index in [9.17, 15) is 14.0 Å². The minimum atomic E-state index is -0.473. The first-order chi connectivity index (χ1) is 13.6. The number of para-hydroxylation sites is 1. The first-order valence-corrected chi connectivity index (χ1v) is 8.48. The third-order valence-electron chi connectivity index (χ3n) is 4.08. The zero-order valence-electron chi connectivity index (χ0n) is 14.6. The molecule has 0 saturated heterocycles. The molecule has 9 heteroatoms. The molecular weight excluding hydrogens is 363 g/mol. The summed E-state index contributed by atoms with van der Waals surface area (Å²) in [6.45, 7) is 0.0205. The molecule has 0 fully saturated rings. The van der Waals surface area contributed by atoms with Crippen molar-refractivity contribution < 1.29 is 9.18 Å². The van der Waals surface area contributed by atoms with Crippen LogP contribution in [0.1, 0.15) is 5.56 Å². The second kappa shape index (κ2) is 7.39. The number of hydrogen-bond acceptors (Lipinski definition) is 5.